The van der Waals surface area contributed by atoms with Gasteiger partial charge in [-0.2, -0.15) is 0 Å². The fraction of sp³-hybridized carbons (Fsp3) is 0.111. The van der Waals surface area contributed by atoms with Gasteiger partial charge in [-0.1, -0.05) is 54.1 Å². The van der Waals surface area contributed by atoms with Gasteiger partial charge in [0.25, 0.3) is 0 Å². The maximum absolute atomic E-state index is 13.2. The molecule has 3 aromatic rings. The molecule has 0 radical (unpaired) electrons. The van der Waals surface area contributed by atoms with E-state index in [4.69, 9.17) is 17.3 Å². The van der Waals surface area contributed by atoms with Gasteiger partial charge in [-0.05, 0) is 46.5 Å². The predicted molar refractivity (Wildman–Crippen MR) is 86.0 cm³/mol. The van der Waals surface area contributed by atoms with Crippen molar-refractivity contribution >= 4 is 22.4 Å². The monoisotopic (exact) mass is 299 g/mol. The normalized spacial score (nSPS) is 12.5. The molecule has 1 nitrogen and oxygen atoms in total. The van der Waals surface area contributed by atoms with E-state index in [-0.39, 0.29) is 11.1 Å². The molecular formula is C18H15ClFN. The van der Waals surface area contributed by atoms with Gasteiger partial charge in [0.05, 0.1) is 5.02 Å². The lowest BCUT2D eigenvalue weighted by molar-refractivity contribution is 0.626. The first-order valence-electron chi connectivity index (χ1n) is 6.82. The summed E-state index contributed by atoms with van der Waals surface area (Å²) in [6.07, 6.45) is 0.623. The second kappa shape index (κ2) is 5.84. The Morgan fingerprint density at radius 2 is 1.71 bits per heavy atom. The van der Waals surface area contributed by atoms with Gasteiger partial charge >= 0.3 is 0 Å². The number of nitrogens with two attached hydrogens (primary N) is 1. The number of halogens is 2. The van der Waals surface area contributed by atoms with Crippen LogP contribution >= 0.6 is 11.6 Å². The molecule has 21 heavy (non-hydrogen) atoms. The molecule has 3 rings (SSSR count). The van der Waals surface area contributed by atoms with Crippen molar-refractivity contribution in [2.75, 3.05) is 0 Å². The highest BCUT2D eigenvalue weighted by Crippen LogP contribution is 2.23. The molecule has 0 aliphatic carbocycles. The minimum Gasteiger partial charge on any atom is -0.324 e. The lowest BCUT2D eigenvalue weighted by Gasteiger charge is -2.13. The maximum atomic E-state index is 13.2. The van der Waals surface area contributed by atoms with Gasteiger partial charge < -0.3 is 5.73 Å². The summed E-state index contributed by atoms with van der Waals surface area (Å²) in [4.78, 5) is 0. The first-order chi connectivity index (χ1) is 10.1. The molecule has 0 spiro atoms. The zero-order valence-electron chi connectivity index (χ0n) is 11.4. The Morgan fingerprint density at radius 3 is 2.48 bits per heavy atom. The van der Waals surface area contributed by atoms with Crippen LogP contribution in [0.1, 0.15) is 17.2 Å². The fourth-order valence-electron chi connectivity index (χ4n) is 2.48. The van der Waals surface area contributed by atoms with E-state index in [1.807, 2.05) is 18.2 Å². The van der Waals surface area contributed by atoms with Crippen LogP contribution in [0.2, 0.25) is 5.02 Å². The quantitative estimate of drug-likeness (QED) is 0.733. The van der Waals surface area contributed by atoms with E-state index < -0.39 is 5.82 Å². The predicted octanol–water partition coefficient (Wildman–Crippen LogP) is 4.87. The standard InChI is InChI=1S/C18H15ClFN/c19-16-9-12(5-8-17(16)20)10-18(21)15-7-6-13-3-1-2-4-14(13)11-15/h1-9,11,18H,10,21H2. The summed E-state index contributed by atoms with van der Waals surface area (Å²) in [6.45, 7) is 0. The van der Waals surface area contributed by atoms with E-state index in [0.717, 1.165) is 11.1 Å². The molecule has 1 atom stereocenters. The third kappa shape index (κ3) is 3.07. The van der Waals surface area contributed by atoms with Crippen molar-refractivity contribution in [2.24, 2.45) is 5.73 Å². The van der Waals surface area contributed by atoms with Gasteiger partial charge in [0, 0.05) is 6.04 Å². The van der Waals surface area contributed by atoms with E-state index in [0.29, 0.717) is 6.42 Å². The molecule has 0 aliphatic rings. The molecule has 0 fully saturated rings. The van der Waals surface area contributed by atoms with E-state index in [1.165, 1.54) is 16.8 Å². The largest absolute Gasteiger partial charge is 0.324 e. The molecule has 0 bridgehead atoms. The third-order valence-corrected chi connectivity index (χ3v) is 3.93. The minimum absolute atomic E-state index is 0.137. The maximum Gasteiger partial charge on any atom is 0.141 e. The van der Waals surface area contributed by atoms with Gasteiger partial charge in [0.1, 0.15) is 5.82 Å². The number of rotatable bonds is 3. The molecule has 0 aromatic heterocycles. The van der Waals surface area contributed by atoms with Crippen molar-refractivity contribution in [1.29, 1.82) is 0 Å². The summed E-state index contributed by atoms with van der Waals surface area (Å²) in [5.74, 6) is -0.403. The Balaban J connectivity index is 1.85. The van der Waals surface area contributed by atoms with Gasteiger partial charge in [-0.15, -0.1) is 0 Å². The number of benzene rings is 3. The van der Waals surface area contributed by atoms with Crippen molar-refractivity contribution in [2.45, 2.75) is 12.5 Å². The van der Waals surface area contributed by atoms with Crippen molar-refractivity contribution in [1.82, 2.24) is 0 Å². The van der Waals surface area contributed by atoms with Crippen LogP contribution in [0.5, 0.6) is 0 Å². The summed E-state index contributed by atoms with van der Waals surface area (Å²) in [5, 5.41) is 2.50. The molecule has 0 saturated carbocycles. The van der Waals surface area contributed by atoms with Crippen LogP contribution in [0.25, 0.3) is 10.8 Å². The Labute approximate surface area is 128 Å². The summed E-state index contributed by atoms with van der Waals surface area (Å²) in [6, 6.07) is 19.0. The molecule has 0 heterocycles. The smallest absolute Gasteiger partial charge is 0.141 e. The van der Waals surface area contributed by atoms with Gasteiger partial charge in [-0.25, -0.2) is 4.39 Å². The zero-order chi connectivity index (χ0) is 14.8. The molecule has 2 N–H and O–H groups in total. The highest BCUT2D eigenvalue weighted by molar-refractivity contribution is 6.30. The van der Waals surface area contributed by atoms with Gasteiger partial charge in [0.15, 0.2) is 0 Å². The molecule has 3 heteroatoms. The lowest BCUT2D eigenvalue weighted by atomic mass is 9.97. The molecule has 1 unspecified atom stereocenters. The van der Waals surface area contributed by atoms with Crippen LogP contribution in [0.15, 0.2) is 60.7 Å². The summed E-state index contributed by atoms with van der Waals surface area (Å²) < 4.78 is 13.2. The first kappa shape index (κ1) is 14.1. The van der Waals surface area contributed by atoms with Gasteiger partial charge in [0.2, 0.25) is 0 Å². The van der Waals surface area contributed by atoms with E-state index in [2.05, 4.69) is 24.3 Å². The summed E-state index contributed by atoms with van der Waals surface area (Å²) >= 11 is 5.81. The Morgan fingerprint density at radius 1 is 0.952 bits per heavy atom. The minimum atomic E-state index is -0.403. The average Bonchev–Trinajstić information content (AvgIpc) is 2.50. The van der Waals surface area contributed by atoms with Crippen LogP contribution in [0.4, 0.5) is 4.39 Å². The zero-order valence-corrected chi connectivity index (χ0v) is 12.1. The summed E-state index contributed by atoms with van der Waals surface area (Å²) in [5.41, 5.74) is 8.27. The topological polar surface area (TPSA) is 26.0 Å². The molecule has 3 aromatic carbocycles. The van der Waals surface area contributed by atoms with Crippen molar-refractivity contribution in [3.63, 3.8) is 0 Å². The SMILES string of the molecule is NC(Cc1ccc(F)c(Cl)c1)c1ccc2ccccc2c1. The van der Waals surface area contributed by atoms with Crippen LogP contribution in [0, 0.1) is 5.82 Å². The number of hydrogen-bond donors (Lipinski definition) is 1. The summed E-state index contributed by atoms with van der Waals surface area (Å²) in [7, 11) is 0. The van der Waals surface area contributed by atoms with Crippen molar-refractivity contribution < 1.29 is 4.39 Å². The van der Waals surface area contributed by atoms with E-state index in [9.17, 15) is 4.39 Å². The van der Waals surface area contributed by atoms with Crippen LogP contribution < -0.4 is 5.73 Å². The molecular weight excluding hydrogens is 285 g/mol. The Hall–Kier alpha value is -1.90. The Kier molecular flexibility index (Phi) is 3.91. The van der Waals surface area contributed by atoms with Gasteiger partial charge in [-0.3, -0.25) is 0 Å². The van der Waals surface area contributed by atoms with Crippen molar-refractivity contribution in [3.8, 4) is 0 Å². The van der Waals surface area contributed by atoms with Crippen LogP contribution in [0.3, 0.4) is 0 Å². The second-order valence-corrected chi connectivity index (χ2v) is 5.57. The highest BCUT2D eigenvalue weighted by atomic mass is 35.5. The second-order valence-electron chi connectivity index (χ2n) is 5.17. The molecule has 0 amide bonds. The number of fused-ring (bicyclic) bond motifs is 1. The van der Waals surface area contributed by atoms with Crippen molar-refractivity contribution in [3.05, 3.63) is 82.6 Å². The van der Waals surface area contributed by atoms with Crippen LogP contribution in [-0.2, 0) is 6.42 Å². The molecule has 0 saturated heterocycles. The third-order valence-electron chi connectivity index (χ3n) is 3.64. The van der Waals surface area contributed by atoms with E-state index >= 15 is 0 Å². The number of hydrogen-bond acceptors (Lipinski definition) is 1. The fourth-order valence-corrected chi connectivity index (χ4v) is 2.68. The lowest BCUT2D eigenvalue weighted by Crippen LogP contribution is -2.13. The highest BCUT2D eigenvalue weighted by Gasteiger charge is 2.09. The first-order valence-corrected chi connectivity index (χ1v) is 7.19. The molecule has 106 valence electrons. The molecule has 0 aliphatic heterocycles. The van der Waals surface area contributed by atoms with Crippen LogP contribution in [-0.4, -0.2) is 0 Å². The average molecular weight is 300 g/mol. The van der Waals surface area contributed by atoms with E-state index in [1.54, 1.807) is 12.1 Å². The Bertz CT molecular complexity index is 785.